The Kier molecular flexibility index (Phi) is 7.48. The van der Waals surface area contributed by atoms with Gasteiger partial charge in [-0.05, 0) is 43.4 Å². The molecule has 0 aliphatic carbocycles. The second-order valence-electron chi connectivity index (χ2n) is 7.36. The van der Waals surface area contributed by atoms with Gasteiger partial charge < -0.3 is 24.4 Å². The van der Waals surface area contributed by atoms with E-state index < -0.39 is 17.7 Å². The van der Waals surface area contributed by atoms with E-state index in [1.165, 1.54) is 24.4 Å². The van der Waals surface area contributed by atoms with Crippen molar-refractivity contribution in [2.24, 2.45) is 0 Å². The van der Waals surface area contributed by atoms with E-state index >= 15 is 0 Å². The Balaban J connectivity index is 2.18. The number of likely N-dealkylation sites (N-methyl/N-ethyl adjacent to an activating group) is 1. The van der Waals surface area contributed by atoms with Crippen molar-refractivity contribution in [3.05, 3.63) is 59.4 Å². The number of ether oxygens (including phenoxy) is 2. The van der Waals surface area contributed by atoms with Crippen LogP contribution in [-0.2, 0) is 9.59 Å². The normalized spacial score (nSPS) is 17.8. The summed E-state index contributed by atoms with van der Waals surface area (Å²) < 4.78 is 10.9. The van der Waals surface area contributed by atoms with Crippen LogP contribution in [0.5, 0.6) is 11.5 Å². The predicted octanol–water partition coefficient (Wildman–Crippen LogP) is 2.86. The first-order chi connectivity index (χ1) is 15.5. The van der Waals surface area contributed by atoms with Crippen LogP contribution in [0.4, 0.5) is 0 Å². The number of aliphatic hydroxyl groups is 1. The van der Waals surface area contributed by atoms with Crippen LogP contribution in [0.3, 0.4) is 0 Å². The van der Waals surface area contributed by atoms with Crippen LogP contribution < -0.4 is 9.47 Å². The first-order valence-corrected chi connectivity index (χ1v) is 10.6. The Hall–Kier alpha value is -3.39. The van der Waals surface area contributed by atoms with Crippen molar-refractivity contribution in [2.45, 2.75) is 19.9 Å². The third-order valence-electron chi connectivity index (χ3n) is 5.78. The maximum Gasteiger partial charge on any atom is 0.295 e. The van der Waals surface area contributed by atoms with Crippen molar-refractivity contribution in [1.29, 1.82) is 0 Å². The summed E-state index contributed by atoms with van der Waals surface area (Å²) in [5.41, 5.74) is 1.00. The summed E-state index contributed by atoms with van der Waals surface area (Å²) in [7, 11) is 3.07. The fraction of sp³-hybridized carbons (Fsp3) is 0.375. The summed E-state index contributed by atoms with van der Waals surface area (Å²) in [6.45, 7) is 6.66. The number of carbonyl (C=O) groups is 2. The summed E-state index contributed by atoms with van der Waals surface area (Å²) in [4.78, 5) is 33.9. The molecule has 1 unspecified atom stereocenters. The average molecular weight is 440 g/mol. The van der Waals surface area contributed by atoms with Gasteiger partial charge in [0.15, 0.2) is 0 Å². The monoisotopic (exact) mass is 439 g/mol. The summed E-state index contributed by atoms with van der Waals surface area (Å²) in [5.74, 6) is -0.576. The highest BCUT2D eigenvalue weighted by atomic mass is 16.5. The predicted molar refractivity (Wildman–Crippen MR) is 121 cm³/mol. The minimum atomic E-state index is -0.816. The highest BCUT2D eigenvalue weighted by molar-refractivity contribution is 6.46. The summed E-state index contributed by atoms with van der Waals surface area (Å²) >= 11 is 0. The molecule has 1 aromatic heterocycles. The quantitative estimate of drug-likeness (QED) is 0.365. The summed E-state index contributed by atoms with van der Waals surface area (Å²) in [6.07, 6.45) is 3.04. The number of nitrogens with zero attached hydrogens (tertiary/aromatic N) is 3. The molecule has 32 heavy (non-hydrogen) atoms. The lowest BCUT2D eigenvalue weighted by Crippen LogP contribution is -2.38. The number of aromatic nitrogens is 1. The van der Waals surface area contributed by atoms with Crippen LogP contribution in [-0.4, -0.2) is 72.0 Å². The van der Waals surface area contributed by atoms with Gasteiger partial charge in [-0.15, -0.1) is 0 Å². The molecule has 0 bridgehead atoms. The molecule has 1 aliphatic heterocycles. The summed E-state index contributed by atoms with van der Waals surface area (Å²) in [5, 5.41) is 11.1. The van der Waals surface area contributed by atoms with Gasteiger partial charge in [0.1, 0.15) is 17.3 Å². The van der Waals surface area contributed by atoms with Gasteiger partial charge in [-0.25, -0.2) is 0 Å². The second kappa shape index (κ2) is 10.3. The molecule has 0 spiro atoms. The van der Waals surface area contributed by atoms with Gasteiger partial charge in [-0.2, -0.15) is 0 Å². The van der Waals surface area contributed by atoms with Gasteiger partial charge in [-0.3, -0.25) is 14.6 Å². The van der Waals surface area contributed by atoms with Gasteiger partial charge in [-0.1, -0.05) is 13.8 Å². The molecular formula is C24H29N3O5. The molecule has 1 saturated heterocycles. The van der Waals surface area contributed by atoms with Crippen LogP contribution in [0.15, 0.2) is 48.3 Å². The Morgan fingerprint density at radius 2 is 1.78 bits per heavy atom. The zero-order valence-electron chi connectivity index (χ0n) is 18.9. The van der Waals surface area contributed by atoms with Crippen LogP contribution in [0, 0.1) is 0 Å². The Morgan fingerprint density at radius 3 is 2.38 bits per heavy atom. The van der Waals surface area contributed by atoms with E-state index in [2.05, 4.69) is 9.88 Å². The Morgan fingerprint density at radius 1 is 1.09 bits per heavy atom. The van der Waals surface area contributed by atoms with E-state index in [-0.39, 0.29) is 11.3 Å². The molecule has 8 heteroatoms. The van der Waals surface area contributed by atoms with Gasteiger partial charge in [0.05, 0.1) is 25.8 Å². The number of pyridine rings is 1. The molecule has 2 aromatic rings. The third-order valence-corrected chi connectivity index (χ3v) is 5.78. The van der Waals surface area contributed by atoms with Crippen molar-refractivity contribution >= 4 is 17.4 Å². The van der Waals surface area contributed by atoms with Crippen molar-refractivity contribution in [2.75, 3.05) is 40.4 Å². The number of carbonyl (C=O) groups excluding carboxylic acids is 2. The number of Topliss-reactive ketones (excluding diaryl/α,β-unsaturated/α-hetero) is 1. The van der Waals surface area contributed by atoms with Gasteiger partial charge in [0, 0.05) is 36.6 Å². The van der Waals surface area contributed by atoms with E-state index in [0.717, 1.165) is 13.1 Å². The first kappa shape index (κ1) is 23.3. The number of ketones is 1. The maximum absolute atomic E-state index is 13.1. The van der Waals surface area contributed by atoms with Crippen molar-refractivity contribution in [3.63, 3.8) is 0 Å². The number of benzene rings is 1. The smallest absolute Gasteiger partial charge is 0.295 e. The number of hydrogen-bond donors (Lipinski definition) is 1. The zero-order chi connectivity index (χ0) is 23.3. The number of aliphatic hydroxyl groups excluding tert-OH is 1. The number of methoxy groups -OCH3 is 2. The van der Waals surface area contributed by atoms with E-state index in [0.29, 0.717) is 35.7 Å². The van der Waals surface area contributed by atoms with E-state index in [1.54, 1.807) is 37.4 Å². The molecule has 1 fully saturated rings. The number of hydrogen-bond acceptors (Lipinski definition) is 7. The van der Waals surface area contributed by atoms with E-state index in [9.17, 15) is 14.7 Å². The molecular weight excluding hydrogens is 410 g/mol. The molecule has 1 amide bonds. The Labute approximate surface area is 188 Å². The van der Waals surface area contributed by atoms with Crippen molar-refractivity contribution < 1.29 is 24.2 Å². The molecule has 2 heterocycles. The highest BCUT2D eigenvalue weighted by Crippen LogP contribution is 2.43. The molecule has 1 aromatic carbocycles. The molecule has 1 aliphatic rings. The second-order valence-corrected chi connectivity index (χ2v) is 7.36. The van der Waals surface area contributed by atoms with Gasteiger partial charge in [0.25, 0.3) is 11.7 Å². The van der Waals surface area contributed by atoms with Gasteiger partial charge in [0.2, 0.25) is 0 Å². The van der Waals surface area contributed by atoms with E-state index in [4.69, 9.17) is 9.47 Å². The molecule has 170 valence electrons. The van der Waals surface area contributed by atoms with Crippen molar-refractivity contribution in [3.8, 4) is 11.5 Å². The lowest BCUT2D eigenvalue weighted by atomic mass is 9.94. The zero-order valence-corrected chi connectivity index (χ0v) is 18.9. The largest absolute Gasteiger partial charge is 0.507 e. The molecule has 3 rings (SSSR count). The summed E-state index contributed by atoms with van der Waals surface area (Å²) in [6, 6.07) is 7.58. The molecule has 0 saturated carbocycles. The fourth-order valence-corrected chi connectivity index (χ4v) is 3.94. The number of amides is 1. The number of likely N-dealkylation sites (tertiary alicyclic amines) is 1. The lowest BCUT2D eigenvalue weighted by molar-refractivity contribution is -0.140. The minimum absolute atomic E-state index is 0.0206. The molecule has 1 atom stereocenters. The van der Waals surface area contributed by atoms with Crippen LogP contribution in [0.25, 0.3) is 5.76 Å². The topological polar surface area (TPSA) is 92.2 Å². The molecule has 1 N–H and O–H groups in total. The van der Waals surface area contributed by atoms with Crippen LogP contribution in [0.1, 0.15) is 31.0 Å². The maximum atomic E-state index is 13.1. The molecule has 8 nitrogen and oxygen atoms in total. The molecule has 0 radical (unpaired) electrons. The number of rotatable bonds is 9. The fourth-order valence-electron chi connectivity index (χ4n) is 3.94. The van der Waals surface area contributed by atoms with Crippen molar-refractivity contribution in [1.82, 2.24) is 14.8 Å². The minimum Gasteiger partial charge on any atom is -0.507 e. The van der Waals surface area contributed by atoms with Crippen LogP contribution in [0.2, 0.25) is 0 Å². The van der Waals surface area contributed by atoms with Gasteiger partial charge >= 0.3 is 0 Å². The Bertz CT molecular complexity index is 1000. The standard InChI is InChI=1S/C24H29N3O5/c1-5-26(6-2)13-14-27-21(18-15-17(31-3)7-8-19(18)32-4)20(23(29)24(27)30)22(28)16-9-11-25-12-10-16/h7-12,15,21,28H,5-6,13-14H2,1-4H3/b22-20-. The highest BCUT2D eigenvalue weighted by Gasteiger charge is 2.47. The van der Waals surface area contributed by atoms with Crippen LogP contribution >= 0.6 is 0 Å². The lowest BCUT2D eigenvalue weighted by Gasteiger charge is -2.29. The SMILES string of the molecule is CCN(CC)CCN1C(=O)C(=O)/C(=C(\O)c2ccncc2)C1c1cc(OC)ccc1OC. The third kappa shape index (κ3) is 4.45. The van der Waals surface area contributed by atoms with E-state index in [1.807, 2.05) is 13.8 Å². The first-order valence-electron chi connectivity index (χ1n) is 10.6. The average Bonchev–Trinajstić information content (AvgIpc) is 3.09.